The van der Waals surface area contributed by atoms with E-state index in [2.05, 4.69) is 16.0 Å². The van der Waals surface area contributed by atoms with Gasteiger partial charge in [-0.15, -0.1) is 0 Å². The Morgan fingerprint density at radius 1 is 1.11 bits per heavy atom. The Bertz CT molecular complexity index is 825. The molecule has 1 unspecified atom stereocenters. The maximum Gasteiger partial charge on any atom is 0.319 e. The summed E-state index contributed by atoms with van der Waals surface area (Å²) in [7, 11) is 5.46. The number of benzene rings is 2. The molecule has 2 aromatic rings. The molecule has 0 bridgehead atoms. The zero-order chi connectivity index (χ0) is 20.7. The van der Waals surface area contributed by atoms with Crippen LogP contribution < -0.4 is 20.7 Å². The van der Waals surface area contributed by atoms with Gasteiger partial charge >= 0.3 is 6.03 Å². The van der Waals surface area contributed by atoms with Crippen molar-refractivity contribution in [2.24, 2.45) is 0 Å². The van der Waals surface area contributed by atoms with Crippen LogP contribution in [0.5, 0.6) is 5.75 Å². The second-order valence-electron chi connectivity index (χ2n) is 6.46. The molecule has 1 atom stereocenters. The van der Waals surface area contributed by atoms with Gasteiger partial charge in [0, 0.05) is 19.2 Å². The topological polar surface area (TPSA) is 82.7 Å². The second kappa shape index (κ2) is 9.70. The van der Waals surface area contributed by atoms with Gasteiger partial charge in [-0.05, 0) is 50.0 Å². The molecule has 0 aliphatic heterocycles. The predicted molar refractivity (Wildman–Crippen MR) is 107 cm³/mol. The molecule has 0 radical (unpaired) electrons. The van der Waals surface area contributed by atoms with Gasteiger partial charge in [-0.2, -0.15) is 0 Å². The average molecular weight is 388 g/mol. The van der Waals surface area contributed by atoms with E-state index in [9.17, 15) is 14.0 Å². The fraction of sp³-hybridized carbons (Fsp3) is 0.300. The average Bonchev–Trinajstić information content (AvgIpc) is 2.64. The minimum atomic E-state index is -0.576. The van der Waals surface area contributed by atoms with E-state index in [0.29, 0.717) is 12.2 Å². The molecule has 0 spiro atoms. The zero-order valence-electron chi connectivity index (χ0n) is 16.4. The number of carbonyl (C=O) groups is 2. The van der Waals surface area contributed by atoms with E-state index in [1.54, 1.807) is 7.11 Å². The van der Waals surface area contributed by atoms with E-state index in [-0.39, 0.29) is 11.7 Å². The molecule has 0 aliphatic rings. The molecule has 3 amide bonds. The van der Waals surface area contributed by atoms with Gasteiger partial charge in [0.2, 0.25) is 5.91 Å². The van der Waals surface area contributed by atoms with Crippen LogP contribution in [0.2, 0.25) is 0 Å². The first-order valence-corrected chi connectivity index (χ1v) is 8.72. The third-order valence-electron chi connectivity index (χ3n) is 4.11. The number of likely N-dealkylation sites (N-methyl/N-ethyl adjacent to an activating group) is 1. The molecule has 0 aromatic heterocycles. The lowest BCUT2D eigenvalue weighted by atomic mass is 10.1. The summed E-state index contributed by atoms with van der Waals surface area (Å²) >= 11 is 0. The molecule has 0 saturated heterocycles. The van der Waals surface area contributed by atoms with Crippen LogP contribution in [-0.2, 0) is 4.79 Å². The fourth-order valence-electron chi connectivity index (χ4n) is 2.68. The van der Waals surface area contributed by atoms with Gasteiger partial charge in [0.15, 0.2) is 0 Å². The van der Waals surface area contributed by atoms with Crippen LogP contribution in [0.1, 0.15) is 18.5 Å². The highest BCUT2D eigenvalue weighted by Crippen LogP contribution is 2.21. The van der Waals surface area contributed by atoms with Crippen molar-refractivity contribution in [3.8, 4) is 5.75 Å². The molecule has 2 aromatic carbocycles. The molecule has 8 heteroatoms. The Kier molecular flexibility index (Phi) is 7.34. The summed E-state index contributed by atoms with van der Waals surface area (Å²) in [6.45, 7) is 1.65. The lowest BCUT2D eigenvalue weighted by Gasteiger charge is -2.25. The van der Waals surface area contributed by atoms with Gasteiger partial charge in [-0.25, -0.2) is 9.18 Å². The number of nitrogens with zero attached hydrogens (tertiary/aromatic N) is 1. The van der Waals surface area contributed by atoms with Crippen LogP contribution in [0, 0.1) is 5.82 Å². The summed E-state index contributed by atoms with van der Waals surface area (Å²) in [5, 5.41) is 7.83. The van der Waals surface area contributed by atoms with Crippen molar-refractivity contribution in [1.29, 1.82) is 0 Å². The molecule has 0 saturated carbocycles. The van der Waals surface area contributed by atoms with Crippen LogP contribution in [0.25, 0.3) is 0 Å². The number of methoxy groups -OCH3 is 1. The van der Waals surface area contributed by atoms with Crippen LogP contribution in [0.4, 0.5) is 20.6 Å². The van der Waals surface area contributed by atoms with E-state index in [1.165, 1.54) is 25.1 Å². The Hall–Kier alpha value is -3.13. The first-order chi connectivity index (χ1) is 13.3. The van der Waals surface area contributed by atoms with Gasteiger partial charge in [0.1, 0.15) is 11.6 Å². The molecule has 0 heterocycles. The summed E-state index contributed by atoms with van der Waals surface area (Å²) in [6, 6.07) is 11.1. The number of urea groups is 1. The number of amides is 3. The molecule has 0 fully saturated rings. The number of hydrogen-bond donors (Lipinski definition) is 3. The summed E-state index contributed by atoms with van der Waals surface area (Å²) in [5.41, 5.74) is 1.41. The van der Waals surface area contributed by atoms with Crippen molar-refractivity contribution in [3.63, 3.8) is 0 Å². The standard InChI is InChI=1S/C20H25FN4O3/c1-13(26)23-18-11-15(7-10-17(18)21)24-20(27)22-12-19(25(2)3)14-5-8-16(28-4)9-6-14/h5-11,19H,12H2,1-4H3,(H,23,26)(H2,22,24,27). The number of rotatable bonds is 7. The fourth-order valence-corrected chi connectivity index (χ4v) is 2.68. The van der Waals surface area contributed by atoms with Crippen LogP contribution in [-0.4, -0.2) is 44.6 Å². The van der Waals surface area contributed by atoms with E-state index in [1.807, 2.05) is 43.3 Å². The molecule has 7 nitrogen and oxygen atoms in total. The number of anilines is 2. The normalized spacial score (nSPS) is 11.6. The second-order valence-corrected chi connectivity index (χ2v) is 6.46. The third-order valence-corrected chi connectivity index (χ3v) is 4.11. The summed E-state index contributed by atoms with van der Waals surface area (Å²) in [4.78, 5) is 25.4. The quantitative estimate of drug-likeness (QED) is 0.680. The van der Waals surface area contributed by atoms with Gasteiger partial charge in [-0.3, -0.25) is 4.79 Å². The minimum absolute atomic E-state index is 0.00898. The number of carbonyl (C=O) groups excluding carboxylic acids is 2. The monoisotopic (exact) mass is 388 g/mol. The van der Waals surface area contributed by atoms with Crippen LogP contribution in [0.3, 0.4) is 0 Å². The van der Waals surface area contributed by atoms with Crippen molar-refractivity contribution >= 4 is 23.3 Å². The zero-order valence-corrected chi connectivity index (χ0v) is 16.4. The Labute approximate surface area is 163 Å². The molecular formula is C20H25FN4O3. The summed E-state index contributed by atoms with van der Waals surface area (Å²) < 4.78 is 18.9. The van der Waals surface area contributed by atoms with Crippen molar-refractivity contribution in [3.05, 3.63) is 53.8 Å². The minimum Gasteiger partial charge on any atom is -0.497 e. The molecule has 150 valence electrons. The van der Waals surface area contributed by atoms with Crippen LogP contribution >= 0.6 is 0 Å². The highest BCUT2D eigenvalue weighted by atomic mass is 19.1. The third kappa shape index (κ3) is 5.95. The predicted octanol–water partition coefficient (Wildman–Crippen LogP) is 3.22. The molecule has 3 N–H and O–H groups in total. The SMILES string of the molecule is COc1ccc(C(CNC(=O)Nc2ccc(F)c(NC(C)=O)c2)N(C)C)cc1. The molecular weight excluding hydrogens is 363 g/mol. The largest absolute Gasteiger partial charge is 0.497 e. The Morgan fingerprint density at radius 3 is 2.36 bits per heavy atom. The highest BCUT2D eigenvalue weighted by molar-refractivity contribution is 5.92. The number of halogens is 1. The van der Waals surface area contributed by atoms with E-state index in [0.717, 1.165) is 11.3 Å². The summed E-state index contributed by atoms with van der Waals surface area (Å²) in [5.74, 6) is -0.208. The molecule has 28 heavy (non-hydrogen) atoms. The van der Waals surface area contributed by atoms with Gasteiger partial charge < -0.3 is 25.6 Å². The van der Waals surface area contributed by atoms with Crippen molar-refractivity contribution in [2.75, 3.05) is 38.4 Å². The molecule has 2 rings (SSSR count). The van der Waals surface area contributed by atoms with Gasteiger partial charge in [0.25, 0.3) is 0 Å². The van der Waals surface area contributed by atoms with Crippen molar-refractivity contribution < 1.29 is 18.7 Å². The number of hydrogen-bond acceptors (Lipinski definition) is 4. The van der Waals surface area contributed by atoms with Gasteiger partial charge in [0.05, 0.1) is 18.8 Å². The van der Waals surface area contributed by atoms with Crippen molar-refractivity contribution in [2.45, 2.75) is 13.0 Å². The summed E-state index contributed by atoms with van der Waals surface area (Å²) in [6.07, 6.45) is 0. The van der Waals surface area contributed by atoms with E-state index in [4.69, 9.17) is 4.74 Å². The number of nitrogens with one attached hydrogen (secondary N) is 3. The first-order valence-electron chi connectivity index (χ1n) is 8.72. The maximum atomic E-state index is 13.7. The lowest BCUT2D eigenvalue weighted by molar-refractivity contribution is -0.114. The van der Waals surface area contributed by atoms with Gasteiger partial charge in [-0.1, -0.05) is 12.1 Å². The number of ether oxygens (including phenoxy) is 1. The Morgan fingerprint density at radius 2 is 1.79 bits per heavy atom. The lowest BCUT2D eigenvalue weighted by Crippen LogP contribution is -2.36. The van der Waals surface area contributed by atoms with E-state index >= 15 is 0 Å². The first kappa shape index (κ1) is 21.2. The maximum absolute atomic E-state index is 13.7. The smallest absolute Gasteiger partial charge is 0.319 e. The van der Waals surface area contributed by atoms with E-state index < -0.39 is 17.8 Å². The molecule has 0 aliphatic carbocycles. The van der Waals surface area contributed by atoms with Crippen molar-refractivity contribution in [1.82, 2.24) is 10.2 Å². The Balaban J connectivity index is 2.00. The highest BCUT2D eigenvalue weighted by Gasteiger charge is 2.16. The van der Waals surface area contributed by atoms with Crippen LogP contribution in [0.15, 0.2) is 42.5 Å².